The molecule has 0 unspecified atom stereocenters. The molecule has 1 N–H and O–H groups in total. The number of para-hydroxylation sites is 2. The molecule has 0 spiro atoms. The second-order valence-corrected chi connectivity index (χ2v) is 8.45. The molecule has 2 heterocycles. The quantitative estimate of drug-likeness (QED) is 0.686. The number of fused-ring (bicyclic) bond motifs is 1. The van der Waals surface area contributed by atoms with Gasteiger partial charge in [-0.3, -0.25) is 4.79 Å². The summed E-state index contributed by atoms with van der Waals surface area (Å²) in [4.78, 5) is 26.8. The molecule has 2 fully saturated rings. The van der Waals surface area contributed by atoms with Crippen molar-refractivity contribution >= 4 is 40.2 Å². The van der Waals surface area contributed by atoms with Gasteiger partial charge in [-0.05, 0) is 55.7 Å². The van der Waals surface area contributed by atoms with Crippen molar-refractivity contribution in [2.24, 2.45) is 0 Å². The van der Waals surface area contributed by atoms with E-state index in [2.05, 4.69) is 10.2 Å². The predicted molar refractivity (Wildman–Crippen MR) is 120 cm³/mol. The molecule has 154 valence electrons. The van der Waals surface area contributed by atoms with Crippen LogP contribution >= 0.6 is 11.6 Å². The van der Waals surface area contributed by atoms with Crippen molar-refractivity contribution < 1.29 is 4.79 Å². The van der Waals surface area contributed by atoms with Crippen molar-refractivity contribution in [1.82, 2.24) is 14.9 Å². The van der Waals surface area contributed by atoms with Gasteiger partial charge in [-0.25, -0.2) is 9.97 Å². The number of aryl methyl sites for hydroxylation is 1. The number of halogens is 1. The highest BCUT2D eigenvalue weighted by Gasteiger charge is 2.28. The lowest BCUT2D eigenvalue weighted by Gasteiger charge is -2.36. The van der Waals surface area contributed by atoms with Crippen LogP contribution in [0.5, 0.6) is 0 Å². The minimum Gasteiger partial charge on any atom is -0.364 e. The number of carbonyl (C=O) groups excluding carboxylic acids is 1. The zero-order valence-corrected chi connectivity index (χ0v) is 17.7. The normalized spacial score (nSPS) is 16.7. The third-order valence-electron chi connectivity index (χ3n) is 5.74. The zero-order valence-electron chi connectivity index (χ0n) is 16.9. The third kappa shape index (κ3) is 3.79. The number of amides is 1. The number of nitrogens with zero attached hydrogens (tertiary/aromatic N) is 4. The SMILES string of the molecule is Cc1cc(C(=O)N2CCN(c3nc4ccccc4nc3NC3CC3)CC2)ccc1Cl. The lowest BCUT2D eigenvalue weighted by molar-refractivity contribution is 0.0746. The van der Waals surface area contributed by atoms with Gasteiger partial charge in [0.05, 0.1) is 11.0 Å². The fraction of sp³-hybridized carbons (Fsp3) is 0.348. The topological polar surface area (TPSA) is 61.4 Å². The number of benzene rings is 2. The fourth-order valence-corrected chi connectivity index (χ4v) is 3.93. The molecule has 0 atom stereocenters. The van der Waals surface area contributed by atoms with Gasteiger partial charge in [-0.2, -0.15) is 0 Å². The minimum absolute atomic E-state index is 0.0512. The average Bonchev–Trinajstić information content (AvgIpc) is 3.59. The maximum atomic E-state index is 12.9. The summed E-state index contributed by atoms with van der Waals surface area (Å²) >= 11 is 6.10. The first-order chi connectivity index (χ1) is 14.6. The molecule has 2 aromatic carbocycles. The summed E-state index contributed by atoms with van der Waals surface area (Å²) in [5.41, 5.74) is 3.40. The second-order valence-electron chi connectivity index (χ2n) is 8.05. The second kappa shape index (κ2) is 7.76. The van der Waals surface area contributed by atoms with Crippen LogP contribution in [0.4, 0.5) is 11.6 Å². The van der Waals surface area contributed by atoms with Crippen LogP contribution in [0.15, 0.2) is 42.5 Å². The Labute approximate surface area is 180 Å². The molecule has 1 aliphatic heterocycles. The van der Waals surface area contributed by atoms with Gasteiger partial charge in [0, 0.05) is 42.8 Å². The molecule has 30 heavy (non-hydrogen) atoms. The first-order valence-electron chi connectivity index (χ1n) is 10.4. The number of piperazine rings is 1. The van der Waals surface area contributed by atoms with Crippen molar-refractivity contribution in [3.8, 4) is 0 Å². The molecule has 0 radical (unpaired) electrons. The van der Waals surface area contributed by atoms with Gasteiger partial charge in [0.15, 0.2) is 11.6 Å². The lowest BCUT2D eigenvalue weighted by Crippen LogP contribution is -2.49. The average molecular weight is 422 g/mol. The van der Waals surface area contributed by atoms with E-state index in [1.54, 1.807) is 12.1 Å². The van der Waals surface area contributed by atoms with Crippen molar-refractivity contribution in [1.29, 1.82) is 0 Å². The predicted octanol–water partition coefficient (Wildman–Crippen LogP) is 4.13. The molecule has 1 aromatic heterocycles. The molecule has 7 heteroatoms. The maximum Gasteiger partial charge on any atom is 0.253 e. The standard InChI is InChI=1S/C23H24ClN5O/c1-15-14-16(6-9-18(15)24)23(30)29-12-10-28(11-13-29)22-21(25-17-7-8-17)26-19-4-2-3-5-20(19)27-22/h2-6,9,14,17H,7-8,10-13H2,1H3,(H,25,26). The van der Waals surface area contributed by atoms with Crippen LogP contribution in [0.1, 0.15) is 28.8 Å². The van der Waals surface area contributed by atoms with Crippen molar-refractivity contribution in [3.63, 3.8) is 0 Å². The Kier molecular flexibility index (Phi) is 4.95. The third-order valence-corrected chi connectivity index (χ3v) is 6.17. The van der Waals surface area contributed by atoms with Crippen molar-refractivity contribution in [2.45, 2.75) is 25.8 Å². The summed E-state index contributed by atoms with van der Waals surface area (Å²) in [5, 5.41) is 4.22. The maximum absolute atomic E-state index is 12.9. The molecule has 5 rings (SSSR count). The van der Waals surface area contributed by atoms with Crippen LogP contribution in [-0.4, -0.2) is 53.0 Å². The van der Waals surface area contributed by atoms with Gasteiger partial charge < -0.3 is 15.1 Å². The monoisotopic (exact) mass is 421 g/mol. The van der Waals surface area contributed by atoms with E-state index in [0.717, 1.165) is 41.3 Å². The molecule has 0 bridgehead atoms. The highest BCUT2D eigenvalue weighted by molar-refractivity contribution is 6.31. The number of rotatable bonds is 4. The minimum atomic E-state index is 0.0512. The van der Waals surface area contributed by atoms with E-state index in [9.17, 15) is 4.79 Å². The van der Waals surface area contributed by atoms with Crippen LogP contribution in [0.2, 0.25) is 5.02 Å². The summed E-state index contributed by atoms with van der Waals surface area (Å²) in [7, 11) is 0. The van der Waals surface area contributed by atoms with Crippen LogP contribution in [-0.2, 0) is 0 Å². The molecular formula is C23H24ClN5O. The summed E-state index contributed by atoms with van der Waals surface area (Å²) in [6.07, 6.45) is 2.35. The van der Waals surface area contributed by atoms with Crippen LogP contribution in [0.25, 0.3) is 11.0 Å². The summed E-state index contributed by atoms with van der Waals surface area (Å²) < 4.78 is 0. The van der Waals surface area contributed by atoms with Crippen molar-refractivity contribution in [3.05, 3.63) is 58.6 Å². The summed E-state index contributed by atoms with van der Waals surface area (Å²) in [6.45, 7) is 4.68. The Hall–Kier alpha value is -2.86. The van der Waals surface area contributed by atoms with E-state index >= 15 is 0 Å². The number of anilines is 2. The first-order valence-corrected chi connectivity index (χ1v) is 10.8. The number of nitrogens with one attached hydrogen (secondary N) is 1. The van der Waals surface area contributed by atoms with E-state index in [4.69, 9.17) is 21.6 Å². The van der Waals surface area contributed by atoms with Crippen molar-refractivity contribution in [2.75, 3.05) is 36.4 Å². The van der Waals surface area contributed by atoms with Gasteiger partial charge in [0.25, 0.3) is 5.91 Å². The van der Waals surface area contributed by atoms with Gasteiger partial charge in [0.1, 0.15) is 0 Å². The molecule has 2 aliphatic rings. The number of hydrogen-bond donors (Lipinski definition) is 1. The molecule has 1 saturated heterocycles. The smallest absolute Gasteiger partial charge is 0.253 e. The molecular weight excluding hydrogens is 398 g/mol. The first kappa shape index (κ1) is 19.1. The number of carbonyl (C=O) groups is 1. The van der Waals surface area contributed by atoms with E-state index in [-0.39, 0.29) is 5.91 Å². The number of hydrogen-bond acceptors (Lipinski definition) is 5. The Morgan fingerprint density at radius 2 is 1.73 bits per heavy atom. The van der Waals surface area contributed by atoms with Gasteiger partial charge in [-0.15, -0.1) is 0 Å². The van der Waals surface area contributed by atoms with E-state index in [1.807, 2.05) is 42.2 Å². The van der Waals surface area contributed by atoms with E-state index in [0.29, 0.717) is 29.7 Å². The molecule has 3 aromatic rings. The van der Waals surface area contributed by atoms with Gasteiger partial charge >= 0.3 is 0 Å². The van der Waals surface area contributed by atoms with Crippen LogP contribution in [0.3, 0.4) is 0 Å². The highest BCUT2D eigenvalue weighted by atomic mass is 35.5. The van der Waals surface area contributed by atoms with Crippen LogP contribution in [0, 0.1) is 6.92 Å². The zero-order chi connectivity index (χ0) is 20.7. The Bertz CT molecular complexity index is 1110. The largest absolute Gasteiger partial charge is 0.364 e. The Balaban J connectivity index is 1.35. The Morgan fingerprint density at radius 1 is 1.03 bits per heavy atom. The van der Waals surface area contributed by atoms with Crippen LogP contribution < -0.4 is 10.2 Å². The lowest BCUT2D eigenvalue weighted by atomic mass is 10.1. The molecule has 1 amide bonds. The van der Waals surface area contributed by atoms with E-state index < -0.39 is 0 Å². The molecule has 1 aliphatic carbocycles. The summed E-state index contributed by atoms with van der Waals surface area (Å²) in [5.74, 6) is 1.79. The highest BCUT2D eigenvalue weighted by Crippen LogP contribution is 2.31. The Morgan fingerprint density at radius 3 is 2.40 bits per heavy atom. The van der Waals surface area contributed by atoms with Gasteiger partial charge in [0.2, 0.25) is 0 Å². The molecule has 6 nitrogen and oxygen atoms in total. The fourth-order valence-electron chi connectivity index (χ4n) is 3.81. The van der Waals surface area contributed by atoms with Gasteiger partial charge in [-0.1, -0.05) is 23.7 Å². The van der Waals surface area contributed by atoms with E-state index in [1.165, 1.54) is 12.8 Å². The molecule has 1 saturated carbocycles. The summed E-state index contributed by atoms with van der Waals surface area (Å²) in [6, 6.07) is 13.9. The number of aromatic nitrogens is 2.